The highest BCUT2D eigenvalue weighted by Gasteiger charge is 2.20. The number of ether oxygens (including phenoxy) is 1. The van der Waals surface area contributed by atoms with Gasteiger partial charge in [0.25, 0.3) is 0 Å². The van der Waals surface area contributed by atoms with Crippen molar-refractivity contribution in [2.75, 3.05) is 0 Å². The van der Waals surface area contributed by atoms with Gasteiger partial charge in [-0.1, -0.05) is 6.92 Å². The summed E-state index contributed by atoms with van der Waals surface area (Å²) in [6.07, 6.45) is 4.27. The smallest absolute Gasteiger partial charge is 0.376 e. The quantitative estimate of drug-likeness (QED) is 0.482. The van der Waals surface area contributed by atoms with Crippen molar-refractivity contribution in [3.63, 3.8) is 0 Å². The summed E-state index contributed by atoms with van der Waals surface area (Å²) >= 11 is 0. The number of carbonyl (C=O) groups is 2. The van der Waals surface area contributed by atoms with Crippen molar-refractivity contribution in [3.8, 4) is 0 Å². The van der Waals surface area contributed by atoms with E-state index in [4.69, 9.17) is 10.5 Å². The summed E-state index contributed by atoms with van der Waals surface area (Å²) in [5, 5.41) is 2.71. The van der Waals surface area contributed by atoms with E-state index in [0.717, 1.165) is 0 Å². The van der Waals surface area contributed by atoms with Crippen LogP contribution in [-0.2, 0) is 14.3 Å². The summed E-state index contributed by atoms with van der Waals surface area (Å²) < 4.78 is 4.81. The zero-order chi connectivity index (χ0) is 10.6. The van der Waals surface area contributed by atoms with E-state index in [2.05, 4.69) is 5.32 Å². The summed E-state index contributed by atoms with van der Waals surface area (Å²) in [5.74, 6) is -1.43. The average molecular weight is 196 g/mol. The van der Waals surface area contributed by atoms with Gasteiger partial charge in [0.1, 0.15) is 0 Å². The van der Waals surface area contributed by atoms with Crippen LogP contribution < -0.4 is 11.1 Å². The number of rotatable bonds is 3. The lowest BCUT2D eigenvalue weighted by Gasteiger charge is -2.19. The fraction of sp³-hybridized carbons (Fsp3) is 0.333. The van der Waals surface area contributed by atoms with Crippen LogP contribution in [0.25, 0.3) is 0 Å². The Balaban J connectivity index is 2.53. The molecule has 1 rings (SSSR count). The van der Waals surface area contributed by atoms with Gasteiger partial charge in [-0.2, -0.15) is 0 Å². The Labute approximate surface area is 81.6 Å². The molecule has 0 bridgehead atoms. The van der Waals surface area contributed by atoms with Gasteiger partial charge >= 0.3 is 5.97 Å². The number of hydrogen-bond acceptors (Lipinski definition) is 5. The average Bonchev–Trinajstić information content (AvgIpc) is 2.20. The van der Waals surface area contributed by atoms with Gasteiger partial charge in [0, 0.05) is 6.42 Å². The number of ketones is 1. The molecule has 3 N–H and O–H groups in total. The van der Waals surface area contributed by atoms with Gasteiger partial charge in [0.05, 0.1) is 5.70 Å². The predicted molar refractivity (Wildman–Crippen MR) is 49.7 cm³/mol. The van der Waals surface area contributed by atoms with Gasteiger partial charge in [-0.25, -0.2) is 4.79 Å². The van der Waals surface area contributed by atoms with E-state index in [9.17, 15) is 9.59 Å². The summed E-state index contributed by atoms with van der Waals surface area (Å²) in [4.78, 5) is 22.0. The molecule has 1 aliphatic heterocycles. The van der Waals surface area contributed by atoms with E-state index >= 15 is 0 Å². The highest BCUT2D eigenvalue weighted by Crippen LogP contribution is 2.03. The molecule has 1 aliphatic rings. The molecule has 0 aliphatic carbocycles. The molecule has 0 saturated heterocycles. The largest absolute Gasteiger partial charge is 0.430 e. The molecule has 14 heavy (non-hydrogen) atoms. The Morgan fingerprint density at radius 1 is 1.64 bits per heavy atom. The van der Waals surface area contributed by atoms with E-state index < -0.39 is 18.0 Å². The van der Waals surface area contributed by atoms with Crippen LogP contribution in [0.15, 0.2) is 24.0 Å². The lowest BCUT2D eigenvalue weighted by Crippen LogP contribution is -2.38. The number of dihydropyridines is 1. The zero-order valence-electron chi connectivity index (χ0n) is 7.82. The minimum Gasteiger partial charge on any atom is -0.430 e. The first-order chi connectivity index (χ1) is 6.65. The van der Waals surface area contributed by atoms with Gasteiger partial charge in [0.2, 0.25) is 12.0 Å². The molecule has 1 heterocycles. The van der Waals surface area contributed by atoms with Crippen molar-refractivity contribution in [2.45, 2.75) is 19.6 Å². The van der Waals surface area contributed by atoms with Crippen LogP contribution in [0, 0.1) is 0 Å². The lowest BCUT2D eigenvalue weighted by molar-refractivity contribution is -0.157. The minimum atomic E-state index is -0.864. The molecule has 0 aromatic rings. The molecular weight excluding hydrogens is 184 g/mol. The second-order valence-corrected chi connectivity index (χ2v) is 2.75. The van der Waals surface area contributed by atoms with Crippen molar-refractivity contribution in [2.24, 2.45) is 5.73 Å². The van der Waals surface area contributed by atoms with Gasteiger partial charge in [-0.15, -0.1) is 0 Å². The summed E-state index contributed by atoms with van der Waals surface area (Å²) in [5.41, 5.74) is 5.89. The maximum Gasteiger partial charge on any atom is 0.376 e. The summed E-state index contributed by atoms with van der Waals surface area (Å²) in [6.45, 7) is 1.59. The number of allylic oxidation sites excluding steroid dienone is 2. The first-order valence-corrected chi connectivity index (χ1v) is 4.27. The fourth-order valence-electron chi connectivity index (χ4n) is 0.905. The van der Waals surface area contributed by atoms with Gasteiger partial charge in [-0.05, 0) is 18.4 Å². The number of Topliss-reactive ketones (excluding diaryl/α,β-unsaturated/α-hetero) is 1. The second kappa shape index (κ2) is 4.45. The molecule has 0 fully saturated rings. The van der Waals surface area contributed by atoms with E-state index in [1.807, 2.05) is 0 Å². The summed E-state index contributed by atoms with van der Waals surface area (Å²) in [7, 11) is 0. The topological polar surface area (TPSA) is 81.4 Å². The third-order valence-electron chi connectivity index (χ3n) is 1.71. The number of hydrogen-bond donors (Lipinski definition) is 2. The predicted octanol–water partition coefficient (Wildman–Crippen LogP) is -0.206. The zero-order valence-corrected chi connectivity index (χ0v) is 7.82. The molecule has 0 aromatic heterocycles. The van der Waals surface area contributed by atoms with Crippen LogP contribution in [0.4, 0.5) is 0 Å². The van der Waals surface area contributed by atoms with Crippen LogP contribution in [0.2, 0.25) is 0 Å². The van der Waals surface area contributed by atoms with E-state index in [1.165, 1.54) is 0 Å². The molecule has 76 valence electrons. The molecule has 0 saturated carbocycles. The minimum absolute atomic E-state index is 0.130. The monoisotopic (exact) mass is 196 g/mol. The molecule has 0 radical (unpaired) electrons. The molecule has 0 aromatic carbocycles. The molecule has 1 unspecified atom stereocenters. The first kappa shape index (κ1) is 10.3. The molecule has 5 heteroatoms. The van der Waals surface area contributed by atoms with Gasteiger partial charge in [-0.3, -0.25) is 4.79 Å². The summed E-state index contributed by atoms with van der Waals surface area (Å²) in [6, 6.07) is 0. The second-order valence-electron chi connectivity index (χ2n) is 2.75. The van der Waals surface area contributed by atoms with E-state index in [-0.39, 0.29) is 6.42 Å². The maximum absolute atomic E-state index is 11.1. The Hall–Kier alpha value is -1.78. The number of carbonyl (C=O) groups excluding carboxylic acids is 2. The van der Waals surface area contributed by atoms with Gasteiger partial charge in [0.15, 0.2) is 0 Å². The molecule has 1 atom stereocenters. The van der Waals surface area contributed by atoms with Crippen LogP contribution >= 0.6 is 0 Å². The van der Waals surface area contributed by atoms with Crippen LogP contribution in [0.1, 0.15) is 13.3 Å². The highest BCUT2D eigenvalue weighted by molar-refractivity contribution is 6.33. The first-order valence-electron chi connectivity index (χ1n) is 4.27. The Morgan fingerprint density at radius 2 is 2.36 bits per heavy atom. The third-order valence-corrected chi connectivity index (χ3v) is 1.71. The third kappa shape index (κ3) is 2.35. The molecule has 5 nitrogen and oxygen atoms in total. The maximum atomic E-state index is 11.1. The van der Waals surface area contributed by atoms with Crippen molar-refractivity contribution in [3.05, 3.63) is 24.0 Å². The van der Waals surface area contributed by atoms with E-state index in [0.29, 0.717) is 5.70 Å². The Kier molecular flexibility index (Phi) is 3.28. The fourth-order valence-corrected chi connectivity index (χ4v) is 0.905. The standard InChI is InChI=1S/C9H12N2O3/c1-2-7(12)9(13)14-8-6(10)4-3-5-11-8/h3-5,8,11H,2,10H2,1H3. The van der Waals surface area contributed by atoms with E-state index in [1.54, 1.807) is 25.3 Å². The van der Waals surface area contributed by atoms with Crippen LogP contribution in [0.3, 0.4) is 0 Å². The number of nitrogens with two attached hydrogens (primary N) is 1. The molecule has 0 amide bonds. The normalized spacial score (nSPS) is 19.5. The van der Waals surface area contributed by atoms with Gasteiger partial charge < -0.3 is 15.8 Å². The highest BCUT2D eigenvalue weighted by atomic mass is 16.6. The Morgan fingerprint density at radius 3 is 2.93 bits per heavy atom. The van der Waals surface area contributed by atoms with Crippen molar-refractivity contribution in [1.29, 1.82) is 0 Å². The molecular formula is C9H12N2O3. The van der Waals surface area contributed by atoms with Crippen LogP contribution in [0.5, 0.6) is 0 Å². The molecule has 0 spiro atoms. The van der Waals surface area contributed by atoms with Crippen LogP contribution in [-0.4, -0.2) is 18.0 Å². The number of esters is 1. The lowest BCUT2D eigenvalue weighted by atomic mass is 10.3. The van der Waals surface area contributed by atoms with Crippen molar-refractivity contribution < 1.29 is 14.3 Å². The Bertz CT molecular complexity index is 307. The SMILES string of the molecule is CCC(=O)C(=O)OC1NC=CC=C1N. The van der Waals surface area contributed by atoms with Crippen molar-refractivity contribution in [1.82, 2.24) is 5.32 Å². The number of nitrogens with one attached hydrogen (secondary N) is 1. The van der Waals surface area contributed by atoms with Crippen molar-refractivity contribution >= 4 is 11.8 Å².